The van der Waals surface area contributed by atoms with Crippen LogP contribution in [0, 0.1) is 6.92 Å². The zero-order chi connectivity index (χ0) is 11.3. The quantitative estimate of drug-likeness (QED) is 0.750. The maximum atomic E-state index is 11.2. The average molecular weight is 243 g/mol. The molecule has 0 aliphatic rings. The van der Waals surface area contributed by atoms with E-state index < -0.39 is 0 Å². The Morgan fingerprint density at radius 2 is 2.47 bits per heavy atom. The first-order valence-corrected chi connectivity index (χ1v) is 5.82. The summed E-state index contributed by atoms with van der Waals surface area (Å²) in [7, 11) is 0. The average Bonchev–Trinajstić information content (AvgIpc) is 2.50. The number of nitrogens with zero attached hydrogens (tertiary/aromatic N) is 1. The van der Waals surface area contributed by atoms with Crippen LogP contribution < -0.4 is 11.1 Å². The third-order valence-electron chi connectivity index (χ3n) is 1.66. The van der Waals surface area contributed by atoms with Crippen molar-refractivity contribution in [3.05, 3.63) is 16.1 Å². The molecule has 1 aromatic rings. The van der Waals surface area contributed by atoms with Crippen LogP contribution in [0.15, 0.2) is 5.38 Å². The van der Waals surface area contributed by atoms with Crippen molar-refractivity contribution in [3.8, 4) is 0 Å². The third kappa shape index (κ3) is 4.85. The van der Waals surface area contributed by atoms with Crippen LogP contribution in [-0.4, -0.2) is 22.4 Å². The predicted molar refractivity (Wildman–Crippen MR) is 65.0 cm³/mol. The Balaban J connectivity index is 2.22. The highest BCUT2D eigenvalue weighted by Gasteiger charge is 2.03. The lowest BCUT2D eigenvalue weighted by Gasteiger charge is -2.02. The summed E-state index contributed by atoms with van der Waals surface area (Å²) in [5.74, 6) is -0.129. The smallest absolute Gasteiger partial charge is 0.226 e. The van der Waals surface area contributed by atoms with E-state index in [1.165, 1.54) is 0 Å². The normalized spacial score (nSPS) is 9.93. The number of aryl methyl sites for hydroxylation is 1. The summed E-state index contributed by atoms with van der Waals surface area (Å²) >= 11 is 6.23. The molecular weight excluding hydrogens is 230 g/mol. The van der Waals surface area contributed by atoms with E-state index in [4.69, 9.17) is 5.73 Å². The highest BCUT2D eigenvalue weighted by Crippen LogP contribution is 2.08. The Hall–Kier alpha value is -1.01. The molecule has 0 radical (unpaired) electrons. The van der Waals surface area contributed by atoms with Gasteiger partial charge in [-0.1, -0.05) is 12.2 Å². The second-order valence-corrected chi connectivity index (χ2v) is 4.59. The number of thiocarbonyl (C=S) groups is 1. The summed E-state index contributed by atoms with van der Waals surface area (Å²) in [4.78, 5) is 15.7. The summed E-state index contributed by atoms with van der Waals surface area (Å²) in [6.07, 6.45) is 0.869. The lowest BCUT2D eigenvalue weighted by atomic mass is 10.3. The highest BCUT2D eigenvalue weighted by atomic mass is 32.1. The van der Waals surface area contributed by atoms with Crippen LogP contribution in [0.4, 0.5) is 0 Å². The largest absolute Gasteiger partial charge is 0.393 e. The molecule has 15 heavy (non-hydrogen) atoms. The van der Waals surface area contributed by atoms with Gasteiger partial charge in [0, 0.05) is 24.0 Å². The van der Waals surface area contributed by atoms with Gasteiger partial charge >= 0.3 is 0 Å². The first kappa shape index (κ1) is 12.1. The van der Waals surface area contributed by atoms with E-state index in [2.05, 4.69) is 22.5 Å². The van der Waals surface area contributed by atoms with Crippen LogP contribution in [0.5, 0.6) is 0 Å². The van der Waals surface area contributed by atoms with Crippen LogP contribution in [0.1, 0.15) is 17.1 Å². The van der Waals surface area contributed by atoms with Gasteiger partial charge in [-0.15, -0.1) is 11.3 Å². The van der Waals surface area contributed by atoms with Crippen LogP contribution >= 0.6 is 23.6 Å². The first-order chi connectivity index (χ1) is 7.08. The second-order valence-electron chi connectivity index (χ2n) is 3.13. The summed E-state index contributed by atoms with van der Waals surface area (Å²) in [6.45, 7) is 2.53. The standard InChI is InChI=1S/C9H13N3OS2/c1-6-5-15-9(12-6)2-3-11-8(13)4-7(10)14/h5H,2-4H2,1H3,(H2,10,14)(H,11,13). The van der Waals surface area contributed by atoms with Crippen LogP contribution in [0.2, 0.25) is 0 Å². The van der Waals surface area contributed by atoms with E-state index >= 15 is 0 Å². The molecule has 1 amide bonds. The molecule has 0 aromatic carbocycles. The molecular formula is C9H13N3OS2. The lowest BCUT2D eigenvalue weighted by Crippen LogP contribution is -2.29. The third-order valence-corrected chi connectivity index (χ3v) is 2.83. The van der Waals surface area contributed by atoms with Crippen LogP contribution in [0.3, 0.4) is 0 Å². The van der Waals surface area contributed by atoms with Gasteiger partial charge in [0.15, 0.2) is 0 Å². The number of hydrogen-bond acceptors (Lipinski definition) is 4. The zero-order valence-electron chi connectivity index (χ0n) is 8.45. The molecule has 82 valence electrons. The van der Waals surface area contributed by atoms with E-state index in [1.807, 2.05) is 12.3 Å². The Morgan fingerprint density at radius 3 is 3.00 bits per heavy atom. The fraction of sp³-hybridized carbons (Fsp3) is 0.444. The van der Waals surface area contributed by atoms with Crippen molar-refractivity contribution in [1.29, 1.82) is 0 Å². The molecule has 0 atom stereocenters. The molecule has 0 spiro atoms. The maximum absolute atomic E-state index is 11.2. The Morgan fingerprint density at radius 1 is 1.73 bits per heavy atom. The van der Waals surface area contributed by atoms with Crippen molar-refractivity contribution < 1.29 is 4.79 Å². The number of carbonyl (C=O) groups is 1. The van der Waals surface area contributed by atoms with E-state index in [9.17, 15) is 4.79 Å². The topological polar surface area (TPSA) is 68.0 Å². The molecule has 0 aliphatic heterocycles. The number of amides is 1. The first-order valence-electron chi connectivity index (χ1n) is 4.54. The fourth-order valence-corrected chi connectivity index (χ4v) is 1.95. The van der Waals surface area contributed by atoms with E-state index in [-0.39, 0.29) is 17.3 Å². The number of aromatic nitrogens is 1. The summed E-state index contributed by atoms with van der Waals surface area (Å²) in [5, 5.41) is 5.75. The molecule has 1 aromatic heterocycles. The minimum atomic E-state index is -0.129. The summed E-state index contributed by atoms with van der Waals surface area (Å²) in [5.41, 5.74) is 6.26. The molecule has 1 heterocycles. The Kier molecular flexibility index (Phi) is 4.64. The maximum Gasteiger partial charge on any atom is 0.226 e. The molecule has 1 rings (SSSR count). The molecule has 0 aliphatic carbocycles. The van der Waals surface area contributed by atoms with Crippen molar-refractivity contribution in [1.82, 2.24) is 10.3 Å². The molecule has 0 saturated carbocycles. The van der Waals surface area contributed by atoms with Crippen molar-refractivity contribution in [3.63, 3.8) is 0 Å². The van der Waals surface area contributed by atoms with Gasteiger partial charge in [0.2, 0.25) is 5.91 Å². The highest BCUT2D eigenvalue weighted by molar-refractivity contribution is 7.80. The van der Waals surface area contributed by atoms with Gasteiger partial charge in [-0.3, -0.25) is 4.79 Å². The molecule has 3 N–H and O–H groups in total. The number of nitrogens with two attached hydrogens (primary N) is 1. The van der Waals surface area contributed by atoms with Crippen LogP contribution in [0.25, 0.3) is 0 Å². The van der Waals surface area contributed by atoms with Gasteiger partial charge in [0.25, 0.3) is 0 Å². The van der Waals surface area contributed by atoms with E-state index in [0.717, 1.165) is 17.1 Å². The number of carbonyl (C=O) groups excluding carboxylic acids is 1. The van der Waals surface area contributed by atoms with Gasteiger partial charge in [0.1, 0.15) is 0 Å². The number of thiazole rings is 1. The molecule has 4 nitrogen and oxygen atoms in total. The fourth-order valence-electron chi connectivity index (χ4n) is 1.05. The zero-order valence-corrected chi connectivity index (χ0v) is 10.1. The van der Waals surface area contributed by atoms with Gasteiger partial charge in [-0.25, -0.2) is 4.98 Å². The van der Waals surface area contributed by atoms with Gasteiger partial charge < -0.3 is 11.1 Å². The number of rotatable bonds is 5. The minimum Gasteiger partial charge on any atom is -0.393 e. The van der Waals surface area contributed by atoms with Crippen LogP contribution in [-0.2, 0) is 11.2 Å². The van der Waals surface area contributed by atoms with Crippen molar-refractivity contribution in [2.45, 2.75) is 19.8 Å². The Bertz CT molecular complexity index is 362. The van der Waals surface area contributed by atoms with E-state index in [0.29, 0.717) is 6.54 Å². The van der Waals surface area contributed by atoms with E-state index in [1.54, 1.807) is 11.3 Å². The number of hydrogen-bond donors (Lipinski definition) is 2. The van der Waals surface area contributed by atoms with Crippen molar-refractivity contribution >= 4 is 34.5 Å². The molecule has 0 fully saturated rings. The van der Waals surface area contributed by atoms with Crippen molar-refractivity contribution in [2.75, 3.05) is 6.54 Å². The number of nitrogens with one attached hydrogen (secondary N) is 1. The van der Waals surface area contributed by atoms with Gasteiger partial charge in [-0.2, -0.15) is 0 Å². The molecule has 0 bridgehead atoms. The SMILES string of the molecule is Cc1csc(CCNC(=O)CC(N)=S)n1. The molecule has 6 heteroatoms. The van der Waals surface area contributed by atoms with Gasteiger partial charge in [0.05, 0.1) is 16.4 Å². The second kappa shape index (κ2) is 5.77. The molecule has 0 unspecified atom stereocenters. The lowest BCUT2D eigenvalue weighted by molar-refractivity contribution is -0.119. The minimum absolute atomic E-state index is 0.117. The summed E-state index contributed by atoms with van der Waals surface area (Å²) in [6, 6.07) is 0. The monoisotopic (exact) mass is 243 g/mol. The Labute approximate surface area is 97.9 Å². The predicted octanol–water partition coefficient (Wildman–Crippen LogP) is 0.786. The van der Waals surface area contributed by atoms with Crippen molar-refractivity contribution in [2.24, 2.45) is 5.73 Å². The summed E-state index contributed by atoms with van der Waals surface area (Å²) < 4.78 is 0. The molecule has 0 saturated heterocycles. The van der Waals surface area contributed by atoms with Gasteiger partial charge in [-0.05, 0) is 6.92 Å².